The van der Waals surface area contributed by atoms with E-state index in [2.05, 4.69) is 20.4 Å². The fraction of sp³-hybridized carbons (Fsp3) is 0.429. The summed E-state index contributed by atoms with van der Waals surface area (Å²) in [5, 5.41) is 0. The molecule has 0 aromatic heterocycles. The van der Waals surface area contributed by atoms with Crippen LogP contribution in [0.3, 0.4) is 0 Å². The van der Waals surface area contributed by atoms with Crippen LogP contribution < -0.4 is 0 Å². The standard InChI is InChI=1S/C21H24N2O5/c1-4-7-23-19(25)16-6-5-15(9-17(16)20(23)26)21(27)28-12-18(24)22-10-13(2)8-14(3)11-22/h4-6,9,13-14H,1,7-8,10-12H2,2-3H3/t13-,14+. The zero-order valence-electron chi connectivity index (χ0n) is 16.1. The molecule has 0 bridgehead atoms. The highest BCUT2D eigenvalue weighted by atomic mass is 16.5. The first-order valence-corrected chi connectivity index (χ1v) is 9.37. The third-order valence-electron chi connectivity index (χ3n) is 5.07. The van der Waals surface area contributed by atoms with E-state index in [9.17, 15) is 19.2 Å². The van der Waals surface area contributed by atoms with Crippen molar-refractivity contribution in [1.82, 2.24) is 9.80 Å². The summed E-state index contributed by atoms with van der Waals surface area (Å²) in [6.07, 6.45) is 2.54. The van der Waals surface area contributed by atoms with Crippen LogP contribution in [-0.2, 0) is 9.53 Å². The van der Waals surface area contributed by atoms with Crippen LogP contribution in [0, 0.1) is 11.8 Å². The second-order valence-electron chi connectivity index (χ2n) is 7.59. The van der Waals surface area contributed by atoms with Crippen molar-refractivity contribution in [2.45, 2.75) is 20.3 Å². The number of imide groups is 1. The van der Waals surface area contributed by atoms with E-state index in [1.807, 2.05) is 0 Å². The average molecular weight is 384 g/mol. The van der Waals surface area contributed by atoms with E-state index in [1.54, 1.807) is 4.90 Å². The maximum Gasteiger partial charge on any atom is 0.338 e. The first-order valence-electron chi connectivity index (χ1n) is 9.37. The van der Waals surface area contributed by atoms with E-state index in [4.69, 9.17) is 4.74 Å². The molecule has 3 rings (SSSR count). The molecule has 148 valence electrons. The highest BCUT2D eigenvalue weighted by Gasteiger charge is 2.35. The first kappa shape index (κ1) is 19.8. The van der Waals surface area contributed by atoms with Crippen molar-refractivity contribution in [3.05, 3.63) is 47.5 Å². The van der Waals surface area contributed by atoms with Gasteiger partial charge in [0.2, 0.25) is 0 Å². The van der Waals surface area contributed by atoms with Gasteiger partial charge in [0.25, 0.3) is 17.7 Å². The summed E-state index contributed by atoms with van der Waals surface area (Å²) in [5.74, 6) is -0.970. The maximum atomic E-state index is 12.4. The molecule has 0 spiro atoms. The molecular weight excluding hydrogens is 360 g/mol. The zero-order valence-corrected chi connectivity index (χ0v) is 16.1. The van der Waals surface area contributed by atoms with Gasteiger partial charge in [-0.3, -0.25) is 19.3 Å². The van der Waals surface area contributed by atoms with Crippen LogP contribution >= 0.6 is 0 Å². The third-order valence-corrected chi connectivity index (χ3v) is 5.07. The van der Waals surface area contributed by atoms with Gasteiger partial charge in [-0.2, -0.15) is 0 Å². The van der Waals surface area contributed by atoms with Gasteiger partial charge in [0.1, 0.15) is 0 Å². The van der Waals surface area contributed by atoms with Gasteiger partial charge < -0.3 is 9.64 Å². The average Bonchev–Trinajstić information content (AvgIpc) is 2.90. The van der Waals surface area contributed by atoms with Gasteiger partial charge >= 0.3 is 5.97 Å². The van der Waals surface area contributed by atoms with E-state index in [1.165, 1.54) is 24.3 Å². The number of amides is 3. The molecule has 1 aromatic carbocycles. The van der Waals surface area contributed by atoms with E-state index in [0.717, 1.165) is 11.3 Å². The van der Waals surface area contributed by atoms with Crippen molar-refractivity contribution in [3.8, 4) is 0 Å². The molecule has 2 heterocycles. The van der Waals surface area contributed by atoms with Crippen molar-refractivity contribution in [2.75, 3.05) is 26.2 Å². The Bertz CT molecular complexity index is 837. The predicted octanol–water partition coefficient (Wildman–Crippen LogP) is 2.13. The van der Waals surface area contributed by atoms with Crippen molar-refractivity contribution in [2.24, 2.45) is 11.8 Å². The summed E-state index contributed by atoms with van der Waals surface area (Å²) in [4.78, 5) is 52.0. The summed E-state index contributed by atoms with van der Waals surface area (Å²) in [7, 11) is 0. The molecule has 0 unspecified atom stereocenters. The number of hydrogen-bond donors (Lipinski definition) is 0. The molecule has 0 N–H and O–H groups in total. The minimum absolute atomic E-state index is 0.104. The highest BCUT2D eigenvalue weighted by molar-refractivity contribution is 6.22. The Morgan fingerprint density at radius 1 is 1.14 bits per heavy atom. The van der Waals surface area contributed by atoms with Crippen LogP contribution in [0.4, 0.5) is 0 Å². The Morgan fingerprint density at radius 3 is 2.43 bits per heavy atom. The second kappa shape index (κ2) is 7.96. The lowest BCUT2D eigenvalue weighted by Gasteiger charge is -2.34. The Balaban J connectivity index is 1.65. The van der Waals surface area contributed by atoms with Crippen LogP contribution in [-0.4, -0.2) is 59.7 Å². The van der Waals surface area contributed by atoms with Crippen LogP contribution in [0.1, 0.15) is 51.3 Å². The number of benzene rings is 1. The summed E-state index contributed by atoms with van der Waals surface area (Å²) in [5.41, 5.74) is 0.538. The lowest BCUT2D eigenvalue weighted by atomic mass is 9.92. The summed E-state index contributed by atoms with van der Waals surface area (Å²) in [6.45, 7) is 8.82. The van der Waals surface area contributed by atoms with Gasteiger partial charge in [0, 0.05) is 19.6 Å². The number of likely N-dealkylation sites (tertiary alicyclic amines) is 1. The van der Waals surface area contributed by atoms with Crippen LogP contribution in [0.15, 0.2) is 30.9 Å². The molecule has 2 aliphatic heterocycles. The van der Waals surface area contributed by atoms with Crippen molar-refractivity contribution >= 4 is 23.7 Å². The van der Waals surface area contributed by atoms with Crippen molar-refractivity contribution in [1.29, 1.82) is 0 Å². The fourth-order valence-corrected chi connectivity index (χ4v) is 3.88. The van der Waals surface area contributed by atoms with Crippen LogP contribution in [0.5, 0.6) is 0 Å². The monoisotopic (exact) mass is 384 g/mol. The number of carbonyl (C=O) groups is 4. The van der Waals surface area contributed by atoms with Gasteiger partial charge in [0.05, 0.1) is 16.7 Å². The Kier molecular flexibility index (Phi) is 5.63. The molecular formula is C21H24N2O5. The summed E-state index contributed by atoms with van der Waals surface area (Å²) >= 11 is 0. The molecule has 2 aliphatic rings. The molecule has 1 aromatic rings. The number of rotatable bonds is 5. The maximum absolute atomic E-state index is 12.4. The molecule has 0 radical (unpaired) electrons. The fourth-order valence-electron chi connectivity index (χ4n) is 3.88. The Morgan fingerprint density at radius 2 is 1.79 bits per heavy atom. The number of carbonyl (C=O) groups excluding carboxylic acids is 4. The topological polar surface area (TPSA) is 84.0 Å². The smallest absolute Gasteiger partial charge is 0.338 e. The number of esters is 1. The Labute approximate surface area is 163 Å². The number of hydrogen-bond acceptors (Lipinski definition) is 5. The first-order chi connectivity index (χ1) is 13.3. The van der Waals surface area contributed by atoms with Gasteiger partial charge in [0.15, 0.2) is 6.61 Å². The third kappa shape index (κ3) is 3.83. The normalized spacial score (nSPS) is 21.5. The van der Waals surface area contributed by atoms with Gasteiger partial charge in [-0.25, -0.2) is 4.79 Å². The number of piperidine rings is 1. The predicted molar refractivity (Wildman–Crippen MR) is 102 cm³/mol. The highest BCUT2D eigenvalue weighted by Crippen LogP contribution is 2.24. The molecule has 7 heteroatoms. The molecule has 1 saturated heterocycles. The molecule has 28 heavy (non-hydrogen) atoms. The molecule has 3 amide bonds. The molecule has 2 atom stereocenters. The zero-order chi connectivity index (χ0) is 20.4. The molecule has 1 fully saturated rings. The van der Waals surface area contributed by atoms with Crippen LogP contribution in [0.25, 0.3) is 0 Å². The number of fused-ring (bicyclic) bond motifs is 1. The van der Waals surface area contributed by atoms with Crippen molar-refractivity contribution < 1.29 is 23.9 Å². The lowest BCUT2D eigenvalue weighted by molar-refractivity contribution is -0.137. The summed E-state index contributed by atoms with van der Waals surface area (Å²) < 4.78 is 5.15. The summed E-state index contributed by atoms with van der Waals surface area (Å²) in [6, 6.07) is 4.21. The quantitative estimate of drug-likeness (QED) is 0.441. The Hall–Kier alpha value is -2.96. The molecule has 0 aliphatic carbocycles. The van der Waals surface area contributed by atoms with Crippen molar-refractivity contribution in [3.63, 3.8) is 0 Å². The van der Waals surface area contributed by atoms with E-state index < -0.39 is 17.8 Å². The second-order valence-corrected chi connectivity index (χ2v) is 7.59. The van der Waals surface area contributed by atoms with Gasteiger partial charge in [-0.15, -0.1) is 6.58 Å². The van der Waals surface area contributed by atoms with E-state index in [0.29, 0.717) is 24.9 Å². The molecule has 0 saturated carbocycles. The minimum atomic E-state index is -0.698. The number of nitrogens with zero attached hydrogens (tertiary/aromatic N) is 2. The number of ether oxygens (including phenoxy) is 1. The van der Waals surface area contributed by atoms with E-state index in [-0.39, 0.29) is 35.7 Å². The van der Waals surface area contributed by atoms with Crippen LogP contribution in [0.2, 0.25) is 0 Å². The van der Waals surface area contributed by atoms with E-state index >= 15 is 0 Å². The molecule has 7 nitrogen and oxygen atoms in total. The largest absolute Gasteiger partial charge is 0.452 e. The van der Waals surface area contributed by atoms with Gasteiger partial charge in [-0.05, 0) is 36.5 Å². The van der Waals surface area contributed by atoms with Gasteiger partial charge in [-0.1, -0.05) is 19.9 Å². The SMILES string of the molecule is C=CCN1C(=O)c2ccc(C(=O)OCC(=O)N3C[C@H](C)C[C@H](C)C3)cc2C1=O. The minimum Gasteiger partial charge on any atom is -0.452 e. The lowest BCUT2D eigenvalue weighted by Crippen LogP contribution is -2.44.